The predicted octanol–water partition coefficient (Wildman–Crippen LogP) is 4.01. The summed E-state index contributed by atoms with van der Waals surface area (Å²) in [4.78, 5) is 12.7. The van der Waals surface area contributed by atoms with Crippen LogP contribution in [0.25, 0.3) is 0 Å². The van der Waals surface area contributed by atoms with Gasteiger partial charge in [-0.2, -0.15) is 0 Å². The summed E-state index contributed by atoms with van der Waals surface area (Å²) in [6.07, 6.45) is 1.23. The molecule has 1 atom stereocenters. The summed E-state index contributed by atoms with van der Waals surface area (Å²) in [5.74, 6) is -0.351. The number of carbonyl (C=O) groups is 1. The molecule has 0 aromatic heterocycles. The van der Waals surface area contributed by atoms with Crippen molar-refractivity contribution in [2.75, 3.05) is 13.7 Å². The Balaban J connectivity index is 1.68. The van der Waals surface area contributed by atoms with Crippen LogP contribution >= 0.6 is 11.6 Å². The SMILES string of the molecule is CO[C@@H](CNC(=O)C1(c2ccc(F)cc2)CC1)c1ccccc1Cl. The van der Waals surface area contributed by atoms with Crippen LogP contribution in [0.1, 0.15) is 30.1 Å². The predicted molar refractivity (Wildman–Crippen MR) is 91.5 cm³/mol. The lowest BCUT2D eigenvalue weighted by atomic mass is 9.95. The molecule has 126 valence electrons. The Labute approximate surface area is 145 Å². The third-order valence-corrected chi connectivity index (χ3v) is 4.91. The molecule has 0 aliphatic heterocycles. The molecule has 0 saturated heterocycles. The first-order chi connectivity index (χ1) is 11.6. The molecular weight excluding hydrogens is 329 g/mol. The van der Waals surface area contributed by atoms with Crippen molar-refractivity contribution >= 4 is 17.5 Å². The summed E-state index contributed by atoms with van der Waals surface area (Å²) in [5.41, 5.74) is 1.16. The molecule has 1 aliphatic carbocycles. The average molecular weight is 348 g/mol. The number of hydrogen-bond acceptors (Lipinski definition) is 2. The van der Waals surface area contributed by atoms with E-state index in [0.29, 0.717) is 11.6 Å². The highest BCUT2D eigenvalue weighted by Gasteiger charge is 2.51. The Morgan fingerprint density at radius 2 is 1.92 bits per heavy atom. The third kappa shape index (κ3) is 3.30. The number of halogens is 2. The quantitative estimate of drug-likeness (QED) is 0.857. The Morgan fingerprint density at radius 1 is 1.25 bits per heavy atom. The van der Waals surface area contributed by atoms with E-state index in [9.17, 15) is 9.18 Å². The molecule has 0 radical (unpaired) electrons. The third-order valence-electron chi connectivity index (χ3n) is 4.57. The van der Waals surface area contributed by atoms with E-state index >= 15 is 0 Å². The molecule has 1 saturated carbocycles. The van der Waals surface area contributed by atoms with E-state index in [-0.39, 0.29) is 17.8 Å². The number of methoxy groups -OCH3 is 1. The van der Waals surface area contributed by atoms with Crippen molar-refractivity contribution in [2.24, 2.45) is 0 Å². The van der Waals surface area contributed by atoms with Gasteiger partial charge in [-0.1, -0.05) is 41.9 Å². The minimum absolute atomic E-state index is 0.0526. The van der Waals surface area contributed by atoms with Gasteiger partial charge in [0.05, 0.1) is 5.41 Å². The van der Waals surface area contributed by atoms with Crippen LogP contribution < -0.4 is 5.32 Å². The first-order valence-electron chi connectivity index (χ1n) is 7.88. The van der Waals surface area contributed by atoms with Gasteiger partial charge in [-0.15, -0.1) is 0 Å². The molecule has 3 rings (SSSR count). The molecule has 1 fully saturated rings. The second kappa shape index (κ2) is 6.91. The molecular formula is C19H19ClFNO2. The van der Waals surface area contributed by atoms with Gasteiger partial charge in [0.25, 0.3) is 0 Å². The Hall–Kier alpha value is -1.91. The van der Waals surface area contributed by atoms with Crippen LogP contribution in [0.15, 0.2) is 48.5 Å². The molecule has 1 aliphatic rings. The van der Waals surface area contributed by atoms with Gasteiger partial charge in [-0.3, -0.25) is 4.79 Å². The molecule has 1 N–H and O–H groups in total. The fourth-order valence-corrected chi connectivity index (χ4v) is 3.21. The van der Waals surface area contributed by atoms with Crippen molar-refractivity contribution in [2.45, 2.75) is 24.4 Å². The normalized spacial score (nSPS) is 16.5. The highest BCUT2D eigenvalue weighted by Crippen LogP contribution is 2.48. The first kappa shape index (κ1) is 16.9. The van der Waals surface area contributed by atoms with E-state index in [4.69, 9.17) is 16.3 Å². The van der Waals surface area contributed by atoms with Crippen molar-refractivity contribution < 1.29 is 13.9 Å². The lowest BCUT2D eigenvalue weighted by molar-refractivity contribution is -0.124. The maximum atomic E-state index is 13.1. The van der Waals surface area contributed by atoms with E-state index in [2.05, 4.69) is 5.32 Å². The number of nitrogens with one attached hydrogen (secondary N) is 1. The van der Waals surface area contributed by atoms with Crippen molar-refractivity contribution in [1.29, 1.82) is 0 Å². The Bertz CT molecular complexity index is 728. The summed E-state index contributed by atoms with van der Waals surface area (Å²) in [7, 11) is 1.59. The summed E-state index contributed by atoms with van der Waals surface area (Å²) in [5, 5.41) is 3.57. The van der Waals surface area contributed by atoms with Gasteiger partial charge in [0.1, 0.15) is 11.9 Å². The molecule has 0 bridgehead atoms. The highest BCUT2D eigenvalue weighted by atomic mass is 35.5. The van der Waals surface area contributed by atoms with Gasteiger partial charge in [-0.05, 0) is 36.6 Å². The molecule has 3 nitrogen and oxygen atoms in total. The van der Waals surface area contributed by atoms with Crippen LogP contribution in [-0.4, -0.2) is 19.6 Å². The number of hydrogen-bond donors (Lipinski definition) is 1. The van der Waals surface area contributed by atoms with Crippen LogP contribution in [0.4, 0.5) is 4.39 Å². The van der Waals surface area contributed by atoms with Gasteiger partial charge < -0.3 is 10.1 Å². The zero-order valence-corrected chi connectivity index (χ0v) is 14.1. The molecule has 24 heavy (non-hydrogen) atoms. The minimum atomic E-state index is -0.535. The van der Waals surface area contributed by atoms with E-state index in [0.717, 1.165) is 24.0 Å². The van der Waals surface area contributed by atoms with Gasteiger partial charge in [0.15, 0.2) is 0 Å². The summed E-state index contributed by atoms with van der Waals surface area (Å²) < 4.78 is 18.6. The van der Waals surface area contributed by atoms with E-state index in [1.807, 2.05) is 18.2 Å². The number of rotatable bonds is 6. The Kier molecular flexibility index (Phi) is 4.88. The maximum absolute atomic E-state index is 13.1. The van der Waals surface area contributed by atoms with Crippen molar-refractivity contribution in [1.82, 2.24) is 5.32 Å². The van der Waals surface area contributed by atoms with Crippen LogP contribution in [0.2, 0.25) is 5.02 Å². The number of benzene rings is 2. The molecule has 5 heteroatoms. The zero-order chi connectivity index (χ0) is 17.2. The molecule has 0 heterocycles. The number of amides is 1. The summed E-state index contributed by atoms with van der Waals surface area (Å²) in [6, 6.07) is 13.6. The van der Waals surface area contributed by atoms with Crippen molar-refractivity contribution in [3.63, 3.8) is 0 Å². The number of ether oxygens (including phenoxy) is 1. The smallest absolute Gasteiger partial charge is 0.230 e. The second-order valence-electron chi connectivity index (χ2n) is 6.04. The lowest BCUT2D eigenvalue weighted by Crippen LogP contribution is -2.37. The highest BCUT2D eigenvalue weighted by molar-refractivity contribution is 6.31. The van der Waals surface area contributed by atoms with Gasteiger partial charge in [0.2, 0.25) is 5.91 Å². The largest absolute Gasteiger partial charge is 0.375 e. The van der Waals surface area contributed by atoms with Crippen LogP contribution in [0, 0.1) is 5.82 Å². The second-order valence-corrected chi connectivity index (χ2v) is 6.45. The van der Waals surface area contributed by atoms with Crippen LogP contribution in [-0.2, 0) is 14.9 Å². The lowest BCUT2D eigenvalue weighted by Gasteiger charge is -2.21. The molecule has 2 aromatic rings. The van der Waals surface area contributed by atoms with Crippen LogP contribution in [0.3, 0.4) is 0 Å². The average Bonchev–Trinajstić information content (AvgIpc) is 3.39. The van der Waals surface area contributed by atoms with E-state index in [1.54, 1.807) is 25.3 Å². The molecule has 1 amide bonds. The summed E-state index contributed by atoms with van der Waals surface area (Å²) in [6.45, 7) is 0.335. The maximum Gasteiger partial charge on any atom is 0.230 e. The Morgan fingerprint density at radius 3 is 2.50 bits per heavy atom. The van der Waals surface area contributed by atoms with E-state index in [1.165, 1.54) is 12.1 Å². The molecule has 2 aromatic carbocycles. The standard InChI is InChI=1S/C19H19ClFNO2/c1-24-17(15-4-2-3-5-16(15)20)12-22-18(23)19(10-11-19)13-6-8-14(21)9-7-13/h2-9,17H,10-12H2,1H3,(H,22,23)/t17-/m0/s1. The molecule has 0 unspecified atom stereocenters. The minimum Gasteiger partial charge on any atom is -0.375 e. The van der Waals surface area contributed by atoms with E-state index < -0.39 is 5.41 Å². The summed E-state index contributed by atoms with van der Waals surface area (Å²) >= 11 is 6.20. The molecule has 0 spiro atoms. The fourth-order valence-electron chi connectivity index (χ4n) is 2.95. The first-order valence-corrected chi connectivity index (χ1v) is 8.26. The topological polar surface area (TPSA) is 38.3 Å². The van der Waals surface area contributed by atoms with Gasteiger partial charge in [-0.25, -0.2) is 4.39 Å². The monoisotopic (exact) mass is 347 g/mol. The van der Waals surface area contributed by atoms with Crippen LogP contribution in [0.5, 0.6) is 0 Å². The van der Waals surface area contributed by atoms with Crippen molar-refractivity contribution in [3.8, 4) is 0 Å². The number of carbonyl (C=O) groups excluding carboxylic acids is 1. The fraction of sp³-hybridized carbons (Fsp3) is 0.316. The van der Waals surface area contributed by atoms with Crippen molar-refractivity contribution in [3.05, 3.63) is 70.5 Å². The van der Waals surface area contributed by atoms with Gasteiger partial charge >= 0.3 is 0 Å². The zero-order valence-electron chi connectivity index (χ0n) is 13.4. The van der Waals surface area contributed by atoms with Gasteiger partial charge in [0, 0.05) is 24.2 Å².